The fraction of sp³-hybridized carbons (Fsp3) is 0.410. The molecule has 0 radical (unpaired) electrons. The quantitative estimate of drug-likeness (QED) is 0.227. The minimum absolute atomic E-state index is 0.124. The summed E-state index contributed by atoms with van der Waals surface area (Å²) in [6.45, 7) is 7.07. The van der Waals surface area contributed by atoms with Crippen molar-refractivity contribution in [3.8, 4) is 24.0 Å². The Morgan fingerprint density at radius 2 is 1.84 bits per heavy atom. The van der Waals surface area contributed by atoms with Crippen molar-refractivity contribution in [2.75, 3.05) is 0 Å². The van der Waals surface area contributed by atoms with Crippen LogP contribution in [0.3, 0.4) is 0 Å². The molecule has 1 aromatic carbocycles. The van der Waals surface area contributed by atoms with Gasteiger partial charge in [-0.25, -0.2) is 0 Å². The first kappa shape index (κ1) is 32.9. The summed E-state index contributed by atoms with van der Waals surface area (Å²) in [7, 11) is 0. The summed E-state index contributed by atoms with van der Waals surface area (Å²) in [5, 5.41) is 22.2. The number of aliphatic imine (C=N–C) groups is 1. The second-order valence-corrected chi connectivity index (χ2v) is 12.9. The van der Waals surface area contributed by atoms with Gasteiger partial charge >= 0.3 is 0 Å². The van der Waals surface area contributed by atoms with E-state index >= 15 is 0 Å². The molecule has 0 amide bonds. The summed E-state index contributed by atoms with van der Waals surface area (Å²) >= 11 is 0. The molecule has 2 aromatic rings. The van der Waals surface area contributed by atoms with Gasteiger partial charge in [-0.05, 0) is 85.6 Å². The van der Waals surface area contributed by atoms with E-state index in [4.69, 9.17) is 15.5 Å². The van der Waals surface area contributed by atoms with E-state index < -0.39 is 0 Å². The molecular weight excluding hydrogens is 540 g/mol. The molecule has 2 N–H and O–H groups in total. The molecule has 0 spiro atoms. The zero-order chi connectivity index (χ0) is 31.5. The lowest BCUT2D eigenvalue weighted by molar-refractivity contribution is 0.0242. The number of benzene rings is 1. The Balaban J connectivity index is 0.000000565. The van der Waals surface area contributed by atoms with Gasteiger partial charge in [-0.2, -0.15) is 5.10 Å². The third-order valence-electron chi connectivity index (χ3n) is 8.93. The van der Waals surface area contributed by atoms with E-state index in [1.807, 2.05) is 29.8 Å². The van der Waals surface area contributed by atoms with Gasteiger partial charge in [0.1, 0.15) is 6.67 Å². The number of aryl methyl sites for hydroxylation is 1. The third kappa shape index (κ3) is 9.00. The van der Waals surface area contributed by atoms with Crippen LogP contribution in [0.1, 0.15) is 64.5 Å². The molecule has 44 heavy (non-hydrogen) atoms. The van der Waals surface area contributed by atoms with E-state index in [9.17, 15) is 5.11 Å². The topological polar surface area (TPSA) is 74.3 Å². The van der Waals surface area contributed by atoms with E-state index in [1.54, 1.807) is 0 Å². The molecule has 2 fully saturated rings. The Morgan fingerprint density at radius 3 is 2.41 bits per heavy atom. The van der Waals surface area contributed by atoms with Crippen molar-refractivity contribution >= 4 is 11.9 Å². The molecule has 2 saturated carbocycles. The van der Waals surface area contributed by atoms with Crippen LogP contribution in [0, 0.1) is 48.3 Å². The highest BCUT2D eigenvalue weighted by molar-refractivity contribution is 6.14. The predicted octanol–water partition coefficient (Wildman–Crippen LogP) is 8.68. The molecule has 1 aromatic heterocycles. The van der Waals surface area contributed by atoms with Crippen LogP contribution in [0.25, 0.3) is 11.1 Å². The first-order valence-electron chi connectivity index (χ1n) is 15.9. The van der Waals surface area contributed by atoms with Gasteiger partial charge in [0.05, 0.1) is 17.5 Å². The van der Waals surface area contributed by atoms with Gasteiger partial charge in [-0.1, -0.05) is 92.8 Å². The normalized spacial score (nSPS) is 25.0. The van der Waals surface area contributed by atoms with Crippen molar-refractivity contribution in [1.29, 1.82) is 5.41 Å². The first-order chi connectivity index (χ1) is 21.3. The highest BCUT2D eigenvalue weighted by atomic mass is 16.3. The van der Waals surface area contributed by atoms with Gasteiger partial charge in [0.15, 0.2) is 0 Å². The molecule has 0 bridgehead atoms. The number of aliphatic hydroxyl groups excluding tert-OH is 1. The smallest absolute Gasteiger partial charge is 0.131 e. The first-order valence-corrected chi connectivity index (χ1v) is 15.9. The Hall–Kier alpha value is -4.01. The van der Waals surface area contributed by atoms with Gasteiger partial charge in [-0.15, -0.1) is 12.8 Å². The number of hydrogen-bond acceptors (Lipinski definition) is 4. The maximum atomic E-state index is 9.76. The van der Waals surface area contributed by atoms with E-state index in [0.29, 0.717) is 24.9 Å². The van der Waals surface area contributed by atoms with E-state index in [1.165, 1.54) is 24.6 Å². The number of hydrogen-bond donors (Lipinski definition) is 2. The Labute approximate surface area is 264 Å². The van der Waals surface area contributed by atoms with Crippen molar-refractivity contribution in [2.24, 2.45) is 28.2 Å². The van der Waals surface area contributed by atoms with Crippen molar-refractivity contribution in [2.45, 2.75) is 78.5 Å². The van der Waals surface area contributed by atoms with Gasteiger partial charge < -0.3 is 10.5 Å². The average Bonchev–Trinajstić information content (AvgIpc) is 3.61. The zero-order valence-electron chi connectivity index (χ0n) is 26.6. The second-order valence-electron chi connectivity index (χ2n) is 12.9. The summed E-state index contributed by atoms with van der Waals surface area (Å²) in [5.41, 5.74) is 7.33. The second kappa shape index (κ2) is 15.6. The minimum atomic E-state index is -0.124. The molecule has 4 aliphatic carbocycles. The summed E-state index contributed by atoms with van der Waals surface area (Å²) < 4.78 is 1.92. The molecule has 230 valence electrons. The number of terminal acetylenes is 1. The van der Waals surface area contributed by atoms with Crippen molar-refractivity contribution < 1.29 is 5.11 Å². The van der Waals surface area contributed by atoms with Gasteiger partial charge in [0.25, 0.3) is 0 Å². The molecule has 2 unspecified atom stereocenters. The summed E-state index contributed by atoms with van der Waals surface area (Å²) in [4.78, 5) is 5.17. The maximum Gasteiger partial charge on any atom is 0.131 e. The SMILES string of the molecule is C#C.CC1(C)CC1.Cc1nn(C/N=C(C2=CCC(C3CC(O)C3)C=C2)\C(=C/CC=N)C2C=CC=CC2)cc1-c1ccccc1. The molecule has 1 heterocycles. The Bertz CT molecular complexity index is 1450. The number of allylic oxidation sites excluding steroid dienone is 10. The van der Waals surface area contributed by atoms with Gasteiger partial charge in [0.2, 0.25) is 0 Å². The van der Waals surface area contributed by atoms with E-state index in [0.717, 1.165) is 59.2 Å². The standard InChI is InChI=1S/C32H36N4O.C5H10.C2H2/c1-23-31(26-11-6-3-7-12-26)21-36(35-23)22-34-32(30(13-8-18-33)25-9-4-2-5-10-25)27-16-14-24(15-17-27)28-19-29(37)20-28;1-5(2)3-4-5;1-2/h2-7,9,11-14,16-18,21,24-25,28-29,33,37H,8,10,15,19-20,22H2,1H3;3-4H2,1-2H3;1-2H/b30-13-,33-18?,34-32-;;. The van der Waals surface area contributed by atoms with Gasteiger partial charge in [-0.3, -0.25) is 9.67 Å². The molecule has 6 rings (SSSR count). The Kier molecular flexibility index (Phi) is 11.7. The molecule has 4 aliphatic rings. The zero-order valence-corrected chi connectivity index (χ0v) is 26.6. The Morgan fingerprint density at radius 1 is 1.11 bits per heavy atom. The average molecular weight is 589 g/mol. The molecule has 0 aliphatic heterocycles. The molecule has 5 nitrogen and oxygen atoms in total. The lowest BCUT2D eigenvalue weighted by Gasteiger charge is -2.37. The number of nitrogens with zero attached hydrogens (tertiary/aromatic N) is 3. The summed E-state index contributed by atoms with van der Waals surface area (Å²) in [5.74, 6) is 1.30. The largest absolute Gasteiger partial charge is 0.393 e. The molecule has 2 atom stereocenters. The van der Waals surface area contributed by atoms with Gasteiger partial charge in [0, 0.05) is 24.1 Å². The van der Waals surface area contributed by atoms with Crippen molar-refractivity contribution in [1.82, 2.24) is 9.78 Å². The van der Waals surface area contributed by atoms with E-state index in [-0.39, 0.29) is 12.0 Å². The summed E-state index contributed by atoms with van der Waals surface area (Å²) in [6.07, 6.45) is 36.3. The van der Waals surface area contributed by atoms with Crippen LogP contribution in [-0.4, -0.2) is 32.9 Å². The number of aliphatic hydroxyl groups is 1. The highest BCUT2D eigenvalue weighted by Gasteiger charge is 2.33. The van der Waals surface area contributed by atoms with Crippen molar-refractivity contribution in [3.63, 3.8) is 0 Å². The van der Waals surface area contributed by atoms with Crippen LogP contribution in [0.2, 0.25) is 0 Å². The fourth-order valence-electron chi connectivity index (χ4n) is 5.80. The summed E-state index contributed by atoms with van der Waals surface area (Å²) in [6, 6.07) is 10.3. The lowest BCUT2D eigenvalue weighted by atomic mass is 9.71. The molecule has 5 heteroatoms. The van der Waals surface area contributed by atoms with Crippen LogP contribution in [0.5, 0.6) is 0 Å². The van der Waals surface area contributed by atoms with Crippen LogP contribution in [0.15, 0.2) is 101 Å². The van der Waals surface area contributed by atoms with Crippen LogP contribution >= 0.6 is 0 Å². The van der Waals surface area contributed by atoms with E-state index in [2.05, 4.69) is 93.6 Å². The minimum Gasteiger partial charge on any atom is -0.393 e. The van der Waals surface area contributed by atoms with Crippen LogP contribution in [-0.2, 0) is 6.67 Å². The molecule has 0 saturated heterocycles. The van der Waals surface area contributed by atoms with Crippen LogP contribution < -0.4 is 0 Å². The number of nitrogens with one attached hydrogen (secondary N) is 1. The monoisotopic (exact) mass is 588 g/mol. The lowest BCUT2D eigenvalue weighted by Crippen LogP contribution is -2.33. The number of rotatable bonds is 9. The van der Waals surface area contributed by atoms with Crippen molar-refractivity contribution in [3.05, 3.63) is 102 Å². The number of aromatic nitrogens is 2. The maximum absolute atomic E-state index is 9.76. The third-order valence-corrected chi connectivity index (χ3v) is 8.93. The fourth-order valence-corrected chi connectivity index (χ4v) is 5.80. The highest BCUT2D eigenvalue weighted by Crippen LogP contribution is 2.43. The molecular formula is C39H48N4O. The van der Waals surface area contributed by atoms with Crippen LogP contribution in [0.4, 0.5) is 0 Å². The predicted molar refractivity (Wildman–Crippen MR) is 185 cm³/mol.